The van der Waals surface area contributed by atoms with Gasteiger partial charge in [0.1, 0.15) is 5.65 Å². The molecule has 146 valence electrons. The first kappa shape index (κ1) is 18.9. The summed E-state index contributed by atoms with van der Waals surface area (Å²) in [6.45, 7) is 3.75. The number of carbonyl (C=O) groups is 1. The number of likely N-dealkylation sites (tertiary alicyclic amines) is 1. The lowest BCUT2D eigenvalue weighted by Crippen LogP contribution is -2.39. The third kappa shape index (κ3) is 3.90. The van der Waals surface area contributed by atoms with Gasteiger partial charge in [0, 0.05) is 37.3 Å². The van der Waals surface area contributed by atoms with Gasteiger partial charge in [-0.3, -0.25) is 14.2 Å². The van der Waals surface area contributed by atoms with Gasteiger partial charge in [0.15, 0.2) is 0 Å². The third-order valence-electron chi connectivity index (χ3n) is 5.44. The minimum absolute atomic E-state index is 0.277. The van der Waals surface area contributed by atoms with Gasteiger partial charge in [-0.05, 0) is 43.5 Å². The minimum atomic E-state index is 0.277. The highest BCUT2D eigenvalue weighted by molar-refractivity contribution is 6.30. The number of aromatic nitrogens is 3. The predicted octanol–water partition coefficient (Wildman–Crippen LogP) is 4.95. The number of hydrogen-bond donors (Lipinski definition) is 0. The fourth-order valence-electron chi connectivity index (χ4n) is 3.90. The Kier molecular flexibility index (Phi) is 5.62. The molecule has 0 saturated carbocycles. The van der Waals surface area contributed by atoms with E-state index in [9.17, 15) is 4.79 Å². The van der Waals surface area contributed by atoms with E-state index in [-0.39, 0.29) is 11.8 Å². The molecular weight excluding hydrogens is 372 g/mol. The Bertz CT molecular complexity index is 984. The minimum Gasteiger partial charge on any atom is -0.342 e. The van der Waals surface area contributed by atoms with Crippen LogP contribution in [0, 0.1) is 0 Å². The molecule has 1 amide bonds. The van der Waals surface area contributed by atoms with Gasteiger partial charge in [0.05, 0.1) is 22.6 Å². The standard InChI is InChI=1S/C22H25ClN4O/c1-2-3-9-22(28)26-12-5-6-16(14-26)18-7-4-8-19(25-18)20-13-24-21-11-10-17(23)15-27(20)21/h4,7-8,10-11,13,15-16H,2-3,5-6,9,12,14H2,1H3. The molecule has 0 radical (unpaired) electrons. The summed E-state index contributed by atoms with van der Waals surface area (Å²) in [6, 6.07) is 9.85. The van der Waals surface area contributed by atoms with Crippen molar-refractivity contribution in [2.45, 2.75) is 44.9 Å². The Morgan fingerprint density at radius 1 is 1.29 bits per heavy atom. The molecule has 5 nitrogen and oxygen atoms in total. The Morgan fingerprint density at radius 3 is 3.04 bits per heavy atom. The number of hydrogen-bond acceptors (Lipinski definition) is 3. The maximum atomic E-state index is 12.4. The van der Waals surface area contributed by atoms with Crippen molar-refractivity contribution in [3.05, 3.63) is 53.4 Å². The first-order valence-corrected chi connectivity index (χ1v) is 10.4. The molecule has 4 rings (SSSR count). The lowest BCUT2D eigenvalue weighted by atomic mass is 9.93. The van der Waals surface area contributed by atoms with Crippen molar-refractivity contribution in [1.29, 1.82) is 0 Å². The molecule has 1 fully saturated rings. The monoisotopic (exact) mass is 396 g/mol. The number of imidazole rings is 1. The number of nitrogens with zero attached hydrogens (tertiary/aromatic N) is 4. The van der Waals surface area contributed by atoms with Gasteiger partial charge < -0.3 is 4.90 Å². The molecule has 0 bridgehead atoms. The molecule has 1 saturated heterocycles. The van der Waals surface area contributed by atoms with Crippen LogP contribution in [0.3, 0.4) is 0 Å². The third-order valence-corrected chi connectivity index (χ3v) is 5.66. The quantitative estimate of drug-likeness (QED) is 0.613. The van der Waals surface area contributed by atoms with Crippen LogP contribution in [0.4, 0.5) is 0 Å². The van der Waals surface area contributed by atoms with E-state index in [0.29, 0.717) is 11.4 Å². The van der Waals surface area contributed by atoms with Gasteiger partial charge in [0.2, 0.25) is 5.91 Å². The van der Waals surface area contributed by atoms with Gasteiger partial charge in [-0.2, -0.15) is 0 Å². The number of halogens is 1. The van der Waals surface area contributed by atoms with Crippen LogP contribution in [-0.2, 0) is 4.79 Å². The second-order valence-electron chi connectivity index (χ2n) is 7.45. The van der Waals surface area contributed by atoms with Crippen molar-refractivity contribution in [2.24, 2.45) is 0 Å². The molecule has 0 spiro atoms. The van der Waals surface area contributed by atoms with Crippen LogP contribution < -0.4 is 0 Å². The zero-order chi connectivity index (χ0) is 19.5. The highest BCUT2D eigenvalue weighted by atomic mass is 35.5. The topological polar surface area (TPSA) is 50.5 Å². The molecule has 4 heterocycles. The van der Waals surface area contributed by atoms with Crippen molar-refractivity contribution in [2.75, 3.05) is 13.1 Å². The number of unbranched alkanes of at least 4 members (excludes halogenated alkanes) is 1. The van der Waals surface area contributed by atoms with Crippen LogP contribution in [-0.4, -0.2) is 38.3 Å². The predicted molar refractivity (Wildman–Crippen MR) is 112 cm³/mol. The number of fused-ring (bicyclic) bond motifs is 1. The summed E-state index contributed by atoms with van der Waals surface area (Å²) in [5.74, 6) is 0.557. The van der Waals surface area contributed by atoms with E-state index in [1.807, 2.05) is 46.0 Å². The molecular formula is C22H25ClN4O. The molecule has 28 heavy (non-hydrogen) atoms. The largest absolute Gasteiger partial charge is 0.342 e. The van der Waals surface area contributed by atoms with E-state index in [4.69, 9.17) is 16.6 Å². The summed E-state index contributed by atoms with van der Waals surface area (Å²) < 4.78 is 1.97. The van der Waals surface area contributed by atoms with Gasteiger partial charge >= 0.3 is 0 Å². The maximum absolute atomic E-state index is 12.4. The van der Waals surface area contributed by atoms with Gasteiger partial charge in [-0.1, -0.05) is 31.0 Å². The van der Waals surface area contributed by atoms with E-state index < -0.39 is 0 Å². The second-order valence-corrected chi connectivity index (χ2v) is 7.89. The maximum Gasteiger partial charge on any atom is 0.222 e. The molecule has 1 aliphatic heterocycles. The summed E-state index contributed by atoms with van der Waals surface area (Å²) in [6.07, 6.45) is 8.45. The Labute approximate surface area is 170 Å². The fraction of sp³-hybridized carbons (Fsp3) is 0.409. The van der Waals surface area contributed by atoms with Gasteiger partial charge in [-0.25, -0.2) is 4.98 Å². The lowest BCUT2D eigenvalue weighted by molar-refractivity contribution is -0.132. The van der Waals surface area contributed by atoms with Crippen LogP contribution in [0.2, 0.25) is 5.02 Å². The van der Waals surface area contributed by atoms with Crippen molar-refractivity contribution >= 4 is 23.2 Å². The Balaban J connectivity index is 1.58. The molecule has 6 heteroatoms. The van der Waals surface area contributed by atoms with E-state index in [1.54, 1.807) is 0 Å². The molecule has 3 aromatic rings. The summed E-state index contributed by atoms with van der Waals surface area (Å²) >= 11 is 6.16. The number of rotatable bonds is 5. The molecule has 1 atom stereocenters. The van der Waals surface area contributed by atoms with Crippen molar-refractivity contribution in [3.63, 3.8) is 0 Å². The smallest absolute Gasteiger partial charge is 0.222 e. The van der Waals surface area contributed by atoms with E-state index >= 15 is 0 Å². The van der Waals surface area contributed by atoms with Crippen LogP contribution in [0.1, 0.15) is 50.6 Å². The lowest BCUT2D eigenvalue weighted by Gasteiger charge is -2.32. The highest BCUT2D eigenvalue weighted by Gasteiger charge is 2.25. The molecule has 0 aromatic carbocycles. The summed E-state index contributed by atoms with van der Waals surface area (Å²) in [7, 11) is 0. The van der Waals surface area contributed by atoms with Crippen molar-refractivity contribution < 1.29 is 4.79 Å². The Hall–Kier alpha value is -2.40. The van der Waals surface area contributed by atoms with E-state index in [2.05, 4.69) is 18.0 Å². The van der Waals surface area contributed by atoms with Crippen LogP contribution in [0.25, 0.3) is 17.0 Å². The average molecular weight is 397 g/mol. The summed E-state index contributed by atoms with van der Waals surface area (Å²) in [4.78, 5) is 23.9. The zero-order valence-corrected chi connectivity index (χ0v) is 16.9. The fourth-order valence-corrected chi connectivity index (χ4v) is 4.06. The van der Waals surface area contributed by atoms with Crippen LogP contribution >= 0.6 is 11.6 Å². The second kappa shape index (κ2) is 8.31. The number of amides is 1. The van der Waals surface area contributed by atoms with Gasteiger partial charge in [-0.15, -0.1) is 0 Å². The summed E-state index contributed by atoms with van der Waals surface area (Å²) in [5.41, 5.74) is 3.69. The van der Waals surface area contributed by atoms with E-state index in [0.717, 1.165) is 61.5 Å². The van der Waals surface area contributed by atoms with Crippen molar-refractivity contribution in [1.82, 2.24) is 19.3 Å². The molecule has 1 unspecified atom stereocenters. The van der Waals surface area contributed by atoms with Gasteiger partial charge in [0.25, 0.3) is 0 Å². The molecule has 3 aromatic heterocycles. The molecule has 0 aliphatic carbocycles. The van der Waals surface area contributed by atoms with Crippen LogP contribution in [0.5, 0.6) is 0 Å². The highest BCUT2D eigenvalue weighted by Crippen LogP contribution is 2.28. The first-order valence-electron chi connectivity index (χ1n) is 10.0. The normalized spacial score (nSPS) is 17.2. The number of pyridine rings is 2. The SMILES string of the molecule is CCCCC(=O)N1CCCC(c2cccc(-c3cnc4ccc(Cl)cn34)n2)C1. The molecule has 0 N–H and O–H groups in total. The van der Waals surface area contributed by atoms with Crippen LogP contribution in [0.15, 0.2) is 42.7 Å². The molecule has 1 aliphatic rings. The number of piperidine rings is 1. The number of carbonyl (C=O) groups excluding carboxylic acids is 1. The summed E-state index contributed by atoms with van der Waals surface area (Å²) in [5, 5.41) is 0.663. The Morgan fingerprint density at radius 2 is 2.18 bits per heavy atom. The van der Waals surface area contributed by atoms with Crippen molar-refractivity contribution in [3.8, 4) is 11.4 Å². The zero-order valence-electron chi connectivity index (χ0n) is 16.1. The first-order chi connectivity index (χ1) is 13.7. The average Bonchev–Trinajstić information content (AvgIpc) is 3.15. The van der Waals surface area contributed by atoms with E-state index in [1.165, 1.54) is 0 Å².